The smallest absolute Gasteiger partial charge is 0.385 e. The number of para-hydroxylation sites is 2. The molecule has 1 aromatic heterocycles. The number of alkyl halides is 4. The third-order valence-corrected chi connectivity index (χ3v) is 4.77. The SMILES string of the molecule is O=C1C([n+]2ccc(N(c3ccccc3)c3ccccc3)cc2)=C(O)C(F)(F)C1(F)F. The number of anilines is 3. The van der Waals surface area contributed by atoms with Crippen molar-refractivity contribution in [1.82, 2.24) is 0 Å². The van der Waals surface area contributed by atoms with Gasteiger partial charge in [0.1, 0.15) is 0 Å². The first-order valence-electron chi connectivity index (χ1n) is 8.91. The van der Waals surface area contributed by atoms with Gasteiger partial charge in [0.2, 0.25) is 5.76 Å². The Hall–Kier alpha value is -3.68. The number of Topliss-reactive ketones (excluding diaryl/α,β-unsaturated/α-hetero) is 1. The fourth-order valence-corrected chi connectivity index (χ4v) is 3.25. The zero-order valence-corrected chi connectivity index (χ0v) is 15.3. The van der Waals surface area contributed by atoms with E-state index in [1.807, 2.05) is 65.6 Å². The van der Waals surface area contributed by atoms with Crippen LogP contribution in [0, 0.1) is 0 Å². The van der Waals surface area contributed by atoms with E-state index in [1.165, 1.54) is 24.5 Å². The van der Waals surface area contributed by atoms with Crippen LogP contribution >= 0.6 is 0 Å². The first-order chi connectivity index (χ1) is 14.2. The summed E-state index contributed by atoms with van der Waals surface area (Å²) < 4.78 is 55.3. The van der Waals surface area contributed by atoms with Crippen LogP contribution in [0.3, 0.4) is 0 Å². The van der Waals surface area contributed by atoms with Gasteiger partial charge >= 0.3 is 23.3 Å². The lowest BCUT2D eigenvalue weighted by Gasteiger charge is -2.24. The number of aliphatic hydroxyl groups is 1. The average Bonchev–Trinajstić information content (AvgIpc) is 2.87. The van der Waals surface area contributed by atoms with Crippen LogP contribution in [-0.4, -0.2) is 22.7 Å². The highest BCUT2D eigenvalue weighted by Crippen LogP contribution is 2.47. The van der Waals surface area contributed by atoms with Crippen LogP contribution in [0.25, 0.3) is 5.70 Å². The molecule has 1 aliphatic carbocycles. The van der Waals surface area contributed by atoms with Gasteiger partial charge in [-0.2, -0.15) is 22.1 Å². The largest absolute Gasteiger partial charge is 0.501 e. The Morgan fingerprint density at radius 2 is 1.13 bits per heavy atom. The topological polar surface area (TPSA) is 44.4 Å². The van der Waals surface area contributed by atoms with Crippen LogP contribution in [0.5, 0.6) is 0 Å². The number of aliphatic hydroxyl groups excluding tert-OH is 1. The van der Waals surface area contributed by atoms with Crippen LogP contribution < -0.4 is 9.47 Å². The summed E-state index contributed by atoms with van der Waals surface area (Å²) in [5.41, 5.74) is 1.05. The fourth-order valence-electron chi connectivity index (χ4n) is 3.25. The summed E-state index contributed by atoms with van der Waals surface area (Å²) in [4.78, 5) is 13.7. The monoisotopic (exact) mass is 415 g/mol. The lowest BCUT2D eigenvalue weighted by atomic mass is 10.2. The first-order valence-corrected chi connectivity index (χ1v) is 8.91. The molecule has 0 bridgehead atoms. The van der Waals surface area contributed by atoms with Crippen molar-refractivity contribution >= 4 is 28.5 Å². The highest BCUT2D eigenvalue weighted by atomic mass is 19.3. The number of pyridine rings is 1. The van der Waals surface area contributed by atoms with Gasteiger partial charge in [-0.15, -0.1) is 0 Å². The minimum atomic E-state index is -5.00. The van der Waals surface area contributed by atoms with Crippen molar-refractivity contribution in [3.63, 3.8) is 0 Å². The maximum atomic E-state index is 13.7. The summed E-state index contributed by atoms with van der Waals surface area (Å²) in [6.07, 6.45) is 2.35. The van der Waals surface area contributed by atoms with E-state index in [0.717, 1.165) is 15.9 Å². The zero-order chi connectivity index (χ0) is 21.5. The number of hydrogen-bond donors (Lipinski definition) is 1. The molecule has 1 aliphatic rings. The Balaban J connectivity index is 1.77. The highest BCUT2D eigenvalue weighted by Gasteiger charge is 2.74. The molecule has 0 radical (unpaired) electrons. The molecule has 3 aromatic rings. The number of halogens is 4. The van der Waals surface area contributed by atoms with Gasteiger partial charge in [-0.3, -0.25) is 4.79 Å². The van der Waals surface area contributed by atoms with Gasteiger partial charge in [0.25, 0.3) is 0 Å². The third-order valence-electron chi connectivity index (χ3n) is 4.77. The van der Waals surface area contributed by atoms with Crippen molar-refractivity contribution in [3.8, 4) is 0 Å². The summed E-state index contributed by atoms with van der Waals surface area (Å²) in [7, 11) is 0. The number of hydrogen-bond acceptors (Lipinski definition) is 3. The number of aromatic nitrogens is 1. The number of benzene rings is 2. The van der Waals surface area contributed by atoms with Crippen LogP contribution in [0.2, 0.25) is 0 Å². The Morgan fingerprint density at radius 3 is 1.53 bits per heavy atom. The molecule has 0 saturated carbocycles. The molecule has 0 unspecified atom stereocenters. The van der Waals surface area contributed by atoms with E-state index in [1.54, 1.807) is 0 Å². The molecular weight excluding hydrogens is 400 g/mol. The van der Waals surface area contributed by atoms with E-state index in [4.69, 9.17) is 0 Å². The van der Waals surface area contributed by atoms with E-state index in [0.29, 0.717) is 5.69 Å². The molecule has 0 saturated heterocycles. The predicted octanol–water partition coefficient (Wildman–Crippen LogP) is 5.02. The minimum Gasteiger partial charge on any atom is -0.501 e. The summed E-state index contributed by atoms with van der Waals surface area (Å²) in [5, 5.41) is 9.61. The fraction of sp³-hybridized carbons (Fsp3) is 0.0909. The van der Waals surface area contributed by atoms with E-state index < -0.39 is 29.1 Å². The Labute approximate surface area is 168 Å². The Morgan fingerprint density at radius 1 is 0.700 bits per heavy atom. The summed E-state index contributed by atoms with van der Waals surface area (Å²) in [6.45, 7) is 0. The molecule has 4 nitrogen and oxygen atoms in total. The average molecular weight is 415 g/mol. The van der Waals surface area contributed by atoms with Crippen LogP contribution in [-0.2, 0) is 4.79 Å². The van der Waals surface area contributed by atoms with Crippen molar-refractivity contribution in [2.75, 3.05) is 4.90 Å². The standard InChI is InChI=1S/C22H14F4N2O2/c23-21(24)19(29)18(20(30)22(21,25)26)27-13-11-17(12-14-27)28(15-7-3-1-4-8-15)16-9-5-2-6-10-16/h1-14H/p+1. The van der Waals surface area contributed by atoms with E-state index >= 15 is 0 Å². The molecule has 8 heteroatoms. The van der Waals surface area contributed by atoms with Gasteiger partial charge in [-0.1, -0.05) is 36.4 Å². The number of rotatable bonds is 4. The maximum absolute atomic E-state index is 13.7. The van der Waals surface area contributed by atoms with E-state index in [2.05, 4.69) is 0 Å². The second-order valence-corrected chi connectivity index (χ2v) is 6.65. The van der Waals surface area contributed by atoms with Crippen molar-refractivity contribution in [1.29, 1.82) is 0 Å². The van der Waals surface area contributed by atoms with Gasteiger partial charge in [-0.25, -0.2) is 0 Å². The molecule has 0 atom stereocenters. The molecule has 0 amide bonds. The van der Waals surface area contributed by atoms with E-state index in [-0.39, 0.29) is 0 Å². The first kappa shape index (κ1) is 19.6. The van der Waals surface area contributed by atoms with Crippen molar-refractivity contribution < 1.29 is 32.0 Å². The van der Waals surface area contributed by atoms with E-state index in [9.17, 15) is 27.5 Å². The maximum Gasteiger partial charge on any atom is 0.385 e. The van der Waals surface area contributed by atoms with Crippen LogP contribution in [0.4, 0.5) is 34.6 Å². The van der Waals surface area contributed by atoms with Crippen molar-refractivity contribution in [2.45, 2.75) is 11.8 Å². The van der Waals surface area contributed by atoms with Gasteiger partial charge in [0, 0.05) is 23.5 Å². The minimum absolute atomic E-state index is 0.590. The summed E-state index contributed by atoms with van der Waals surface area (Å²) in [5.74, 6) is -14.0. The number of ketones is 1. The van der Waals surface area contributed by atoms with Crippen molar-refractivity contribution in [2.24, 2.45) is 0 Å². The van der Waals surface area contributed by atoms with Gasteiger partial charge in [0.05, 0.1) is 5.69 Å². The number of carbonyl (C=O) groups excluding carboxylic acids is 1. The molecular formula is C22H15F4N2O2+. The summed E-state index contributed by atoms with van der Waals surface area (Å²) >= 11 is 0. The lowest BCUT2D eigenvalue weighted by molar-refractivity contribution is -0.578. The molecule has 2 aromatic carbocycles. The van der Waals surface area contributed by atoms with Crippen molar-refractivity contribution in [3.05, 3.63) is 90.9 Å². The molecule has 0 fully saturated rings. The zero-order valence-electron chi connectivity index (χ0n) is 15.3. The van der Waals surface area contributed by atoms with Crippen LogP contribution in [0.15, 0.2) is 90.9 Å². The molecule has 30 heavy (non-hydrogen) atoms. The van der Waals surface area contributed by atoms with Gasteiger partial charge in [0.15, 0.2) is 12.4 Å². The van der Waals surface area contributed by atoms with Gasteiger partial charge < -0.3 is 10.0 Å². The Kier molecular flexibility index (Phi) is 4.57. The molecule has 0 aliphatic heterocycles. The molecule has 152 valence electrons. The predicted molar refractivity (Wildman–Crippen MR) is 102 cm³/mol. The highest BCUT2D eigenvalue weighted by molar-refractivity contribution is 6.19. The molecule has 4 rings (SSSR count). The third kappa shape index (κ3) is 2.92. The number of allylic oxidation sites excluding steroid dienone is 2. The normalized spacial score (nSPS) is 17.3. The second kappa shape index (κ2) is 6.98. The van der Waals surface area contributed by atoms with Crippen LogP contribution in [0.1, 0.15) is 0 Å². The number of carbonyl (C=O) groups is 1. The van der Waals surface area contributed by atoms with Gasteiger partial charge in [-0.05, 0) is 24.3 Å². The quantitative estimate of drug-likeness (QED) is 0.481. The number of nitrogens with zero attached hydrogens (tertiary/aromatic N) is 2. The molecule has 1 N–H and O–H groups in total. The molecule has 0 spiro atoms. The second-order valence-electron chi connectivity index (χ2n) is 6.65. The summed E-state index contributed by atoms with van der Waals surface area (Å²) in [6, 6.07) is 21.5. The Bertz CT molecular complexity index is 1080. The lowest BCUT2D eigenvalue weighted by Crippen LogP contribution is -2.44. The molecule has 1 heterocycles.